The molecule has 94 valence electrons. The van der Waals surface area contributed by atoms with E-state index in [2.05, 4.69) is 31.1 Å². The van der Waals surface area contributed by atoms with E-state index in [-0.39, 0.29) is 22.7 Å². The molecule has 1 atom stereocenters. The molecule has 4 N–H and O–H groups in total. The van der Waals surface area contributed by atoms with E-state index in [4.69, 9.17) is 10.8 Å². The number of hydrogen-bond donors (Lipinski definition) is 3. The number of hydrogen-bond acceptors (Lipinski definition) is 4. The summed E-state index contributed by atoms with van der Waals surface area (Å²) in [6, 6.07) is 1.63. The van der Waals surface area contributed by atoms with Crippen LogP contribution < -0.4 is 11.1 Å². The number of aromatic carboxylic acids is 1. The summed E-state index contributed by atoms with van der Waals surface area (Å²) in [5.74, 6) is -0.518. The fraction of sp³-hybridized carbons (Fsp3) is 0.500. The molecule has 0 fully saturated rings. The molecule has 1 unspecified atom stereocenters. The third-order valence-corrected chi connectivity index (χ3v) is 2.83. The lowest BCUT2D eigenvalue weighted by molar-refractivity contribution is 0.0698. The highest BCUT2D eigenvalue weighted by Gasteiger charge is 2.20. The molecule has 0 spiro atoms. The van der Waals surface area contributed by atoms with Gasteiger partial charge in [0.2, 0.25) is 0 Å². The number of nitrogens with zero attached hydrogens (tertiary/aromatic N) is 1. The Morgan fingerprint density at radius 2 is 2.12 bits per heavy atom. The first-order chi connectivity index (χ1) is 7.71. The van der Waals surface area contributed by atoms with Crippen molar-refractivity contribution in [2.24, 2.45) is 5.41 Å². The quantitative estimate of drug-likeness (QED) is 0.750. The fourth-order valence-electron chi connectivity index (χ4n) is 1.17. The summed E-state index contributed by atoms with van der Waals surface area (Å²) < 4.78 is 0. The Morgan fingerprint density at radius 3 is 2.59 bits per heavy atom. The minimum atomic E-state index is -1.05. The van der Waals surface area contributed by atoms with Gasteiger partial charge in [-0.3, -0.25) is 0 Å². The van der Waals surface area contributed by atoms with Crippen LogP contribution >= 0.6 is 0 Å². The van der Waals surface area contributed by atoms with Gasteiger partial charge in [0.1, 0.15) is 5.82 Å². The molecule has 17 heavy (non-hydrogen) atoms. The van der Waals surface area contributed by atoms with Crippen LogP contribution in [-0.2, 0) is 0 Å². The van der Waals surface area contributed by atoms with Crippen LogP contribution in [0, 0.1) is 5.41 Å². The van der Waals surface area contributed by atoms with Gasteiger partial charge in [0, 0.05) is 6.04 Å². The van der Waals surface area contributed by atoms with Crippen LogP contribution in [-0.4, -0.2) is 22.1 Å². The zero-order valence-electron chi connectivity index (χ0n) is 10.6. The van der Waals surface area contributed by atoms with Crippen LogP contribution in [0.4, 0.5) is 11.5 Å². The van der Waals surface area contributed by atoms with Gasteiger partial charge >= 0.3 is 5.97 Å². The van der Waals surface area contributed by atoms with Gasteiger partial charge in [-0.05, 0) is 18.4 Å². The summed E-state index contributed by atoms with van der Waals surface area (Å²) in [5.41, 5.74) is 5.84. The molecule has 1 heterocycles. The maximum absolute atomic E-state index is 10.9. The number of pyridine rings is 1. The number of rotatable bonds is 3. The first-order valence-corrected chi connectivity index (χ1v) is 5.47. The zero-order chi connectivity index (χ0) is 13.2. The predicted molar refractivity (Wildman–Crippen MR) is 68.1 cm³/mol. The molecule has 1 aromatic heterocycles. The fourth-order valence-corrected chi connectivity index (χ4v) is 1.17. The third kappa shape index (κ3) is 3.34. The Labute approximate surface area is 101 Å². The van der Waals surface area contributed by atoms with Gasteiger partial charge in [0.15, 0.2) is 0 Å². The molecule has 5 nitrogen and oxygen atoms in total. The Morgan fingerprint density at radius 1 is 1.53 bits per heavy atom. The molecule has 0 saturated heterocycles. The van der Waals surface area contributed by atoms with Crippen LogP contribution in [0.15, 0.2) is 12.3 Å². The van der Waals surface area contributed by atoms with Crippen molar-refractivity contribution in [3.05, 3.63) is 17.8 Å². The van der Waals surface area contributed by atoms with Crippen molar-refractivity contribution < 1.29 is 9.90 Å². The monoisotopic (exact) mass is 237 g/mol. The molecule has 0 aromatic carbocycles. The second kappa shape index (κ2) is 4.61. The topological polar surface area (TPSA) is 88.2 Å². The first-order valence-electron chi connectivity index (χ1n) is 5.47. The lowest BCUT2D eigenvalue weighted by atomic mass is 9.88. The van der Waals surface area contributed by atoms with Crippen LogP contribution in [0.2, 0.25) is 0 Å². The lowest BCUT2D eigenvalue weighted by Gasteiger charge is -2.28. The summed E-state index contributed by atoms with van der Waals surface area (Å²) >= 11 is 0. The largest absolute Gasteiger partial charge is 0.478 e. The Kier molecular flexibility index (Phi) is 3.60. The van der Waals surface area contributed by atoms with Crippen molar-refractivity contribution in [2.75, 3.05) is 11.1 Å². The third-order valence-electron chi connectivity index (χ3n) is 2.83. The molecule has 1 aromatic rings. The van der Waals surface area contributed by atoms with Crippen molar-refractivity contribution in [2.45, 2.75) is 33.7 Å². The number of aromatic nitrogens is 1. The van der Waals surface area contributed by atoms with Gasteiger partial charge in [0.25, 0.3) is 0 Å². The van der Waals surface area contributed by atoms with E-state index in [9.17, 15) is 4.79 Å². The number of carboxylic acid groups (broad SMARTS) is 1. The van der Waals surface area contributed by atoms with E-state index < -0.39 is 5.97 Å². The maximum atomic E-state index is 10.9. The maximum Gasteiger partial charge on any atom is 0.337 e. The first kappa shape index (κ1) is 13.3. The normalized spacial score (nSPS) is 13.2. The molecule has 0 bridgehead atoms. The molecule has 1 rings (SSSR count). The smallest absolute Gasteiger partial charge is 0.337 e. The summed E-state index contributed by atoms with van der Waals surface area (Å²) in [7, 11) is 0. The highest BCUT2D eigenvalue weighted by Crippen LogP contribution is 2.23. The molecule has 0 amide bonds. The zero-order valence-corrected chi connectivity index (χ0v) is 10.6. The number of nitrogens with one attached hydrogen (secondary N) is 1. The van der Waals surface area contributed by atoms with Gasteiger partial charge in [-0.1, -0.05) is 20.8 Å². The van der Waals surface area contributed by atoms with E-state index >= 15 is 0 Å². The van der Waals surface area contributed by atoms with E-state index in [1.807, 2.05) is 6.92 Å². The highest BCUT2D eigenvalue weighted by atomic mass is 16.4. The Bertz CT molecular complexity index is 424. The number of nitrogens with two attached hydrogens (primary N) is 1. The molecular weight excluding hydrogens is 218 g/mol. The van der Waals surface area contributed by atoms with Gasteiger partial charge in [0.05, 0.1) is 17.4 Å². The average molecular weight is 237 g/mol. The molecule has 0 aliphatic carbocycles. The van der Waals surface area contributed by atoms with Gasteiger partial charge in [-0.2, -0.15) is 0 Å². The van der Waals surface area contributed by atoms with Gasteiger partial charge < -0.3 is 16.2 Å². The van der Waals surface area contributed by atoms with Crippen LogP contribution in [0.1, 0.15) is 38.1 Å². The summed E-state index contributed by atoms with van der Waals surface area (Å²) in [6.45, 7) is 8.32. The van der Waals surface area contributed by atoms with Crippen molar-refractivity contribution in [1.82, 2.24) is 4.98 Å². The number of nitrogen functional groups attached to an aromatic ring is 1. The van der Waals surface area contributed by atoms with Crippen LogP contribution in [0.5, 0.6) is 0 Å². The number of carboxylic acids is 1. The van der Waals surface area contributed by atoms with E-state index in [0.29, 0.717) is 5.82 Å². The van der Waals surface area contributed by atoms with Crippen LogP contribution in [0.3, 0.4) is 0 Å². The van der Waals surface area contributed by atoms with Crippen molar-refractivity contribution in [3.8, 4) is 0 Å². The number of carbonyl (C=O) groups is 1. The number of anilines is 2. The van der Waals surface area contributed by atoms with Crippen LogP contribution in [0.25, 0.3) is 0 Å². The molecule has 0 aliphatic heterocycles. The highest BCUT2D eigenvalue weighted by molar-refractivity contribution is 5.94. The SMILES string of the molecule is CC(Nc1cc(C(=O)O)c(N)cn1)C(C)(C)C. The molecular formula is C12H19N3O2. The summed E-state index contributed by atoms with van der Waals surface area (Å²) in [4.78, 5) is 15.0. The van der Waals surface area contributed by atoms with Crippen molar-refractivity contribution in [1.29, 1.82) is 0 Å². The van der Waals surface area contributed by atoms with Crippen molar-refractivity contribution in [3.63, 3.8) is 0 Å². The second-order valence-electron chi connectivity index (χ2n) is 5.19. The second-order valence-corrected chi connectivity index (χ2v) is 5.19. The molecule has 5 heteroatoms. The van der Waals surface area contributed by atoms with E-state index in [0.717, 1.165) is 0 Å². The molecule has 0 aliphatic rings. The summed E-state index contributed by atoms with van der Waals surface area (Å²) in [5, 5.41) is 12.1. The predicted octanol–water partition coefficient (Wildman–Crippen LogP) is 2.21. The minimum Gasteiger partial charge on any atom is -0.478 e. The summed E-state index contributed by atoms with van der Waals surface area (Å²) in [6.07, 6.45) is 1.36. The van der Waals surface area contributed by atoms with Crippen molar-refractivity contribution >= 4 is 17.5 Å². The van der Waals surface area contributed by atoms with E-state index in [1.54, 1.807) is 0 Å². The standard InChI is InChI=1S/C12H19N3O2/c1-7(12(2,3)4)15-10-5-8(11(16)17)9(13)6-14-10/h5-7H,13H2,1-4H3,(H,14,15)(H,16,17). The molecule has 0 saturated carbocycles. The average Bonchev–Trinajstić information content (AvgIpc) is 2.19. The van der Waals surface area contributed by atoms with Gasteiger partial charge in [-0.25, -0.2) is 9.78 Å². The van der Waals surface area contributed by atoms with E-state index in [1.165, 1.54) is 12.3 Å². The molecule has 0 radical (unpaired) electrons. The lowest BCUT2D eigenvalue weighted by Crippen LogP contribution is -2.31. The Balaban J connectivity index is 2.94. The minimum absolute atomic E-state index is 0.0620. The van der Waals surface area contributed by atoms with Gasteiger partial charge in [-0.15, -0.1) is 0 Å². The Hall–Kier alpha value is -1.78.